The van der Waals surface area contributed by atoms with Crippen molar-refractivity contribution in [3.05, 3.63) is 29.8 Å². The molecule has 0 saturated heterocycles. The van der Waals surface area contributed by atoms with Crippen molar-refractivity contribution >= 4 is 10.0 Å². The first kappa shape index (κ1) is 14.1. The van der Waals surface area contributed by atoms with Gasteiger partial charge in [-0.3, -0.25) is 0 Å². The number of hydrogen-bond acceptors (Lipinski definition) is 3. The molecule has 0 aliphatic carbocycles. The van der Waals surface area contributed by atoms with Crippen LogP contribution in [0.5, 0.6) is 0 Å². The normalized spacial score (nSPS) is 10.8. The Labute approximate surface area is 91.1 Å². The number of benzene rings is 1. The molecule has 1 aromatic carbocycles. The summed E-state index contributed by atoms with van der Waals surface area (Å²) in [5, 5.41) is 5.10. The summed E-state index contributed by atoms with van der Waals surface area (Å²) in [4.78, 5) is 0.258. The maximum absolute atomic E-state index is 11.2. The van der Waals surface area contributed by atoms with Gasteiger partial charge in [0.25, 0.3) is 0 Å². The Bertz CT molecular complexity index is 402. The van der Waals surface area contributed by atoms with E-state index in [9.17, 15) is 8.42 Å². The van der Waals surface area contributed by atoms with Gasteiger partial charge in [-0.15, -0.1) is 0 Å². The Kier molecular flexibility index (Phi) is 5.49. The van der Waals surface area contributed by atoms with Crippen LogP contribution in [0.15, 0.2) is 29.2 Å². The summed E-state index contributed by atoms with van der Waals surface area (Å²) in [7, 11) is -3.56. The average molecular weight is 230 g/mol. The van der Waals surface area contributed by atoms with Crippen LogP contribution in [0, 0.1) is 0 Å². The van der Waals surface area contributed by atoms with E-state index in [0.717, 1.165) is 24.8 Å². The number of rotatable bonds is 4. The van der Waals surface area contributed by atoms with Gasteiger partial charge in [0.2, 0.25) is 10.0 Å². The molecule has 4 nitrogen and oxygen atoms in total. The van der Waals surface area contributed by atoms with Crippen molar-refractivity contribution in [3.8, 4) is 0 Å². The molecule has 15 heavy (non-hydrogen) atoms. The van der Waals surface area contributed by atoms with Gasteiger partial charge in [-0.25, -0.2) is 13.6 Å². The Morgan fingerprint density at radius 3 is 2.40 bits per heavy atom. The van der Waals surface area contributed by atoms with E-state index in [0.29, 0.717) is 0 Å². The number of aryl methyl sites for hydroxylation is 1. The average Bonchev–Trinajstić information content (AvgIpc) is 2.14. The first-order valence-corrected chi connectivity index (χ1v) is 6.21. The summed E-state index contributed by atoms with van der Waals surface area (Å²) in [6.07, 6.45) is 2.79. The van der Waals surface area contributed by atoms with E-state index in [1.54, 1.807) is 12.1 Å². The summed E-state index contributed by atoms with van der Waals surface area (Å²) in [6, 6.07) is 6.89. The zero-order chi connectivity index (χ0) is 10.6. The minimum Gasteiger partial charge on any atom is -0.344 e. The van der Waals surface area contributed by atoms with Crippen LogP contribution in [0.2, 0.25) is 0 Å². The van der Waals surface area contributed by atoms with E-state index in [2.05, 4.69) is 6.92 Å². The third-order valence-corrected chi connectivity index (χ3v) is 3.09. The summed E-state index contributed by atoms with van der Waals surface area (Å²) in [6.45, 7) is 2.07. The zero-order valence-electron chi connectivity index (χ0n) is 8.94. The molecule has 0 saturated carbocycles. The third-order valence-electron chi connectivity index (χ3n) is 2.08. The molecule has 86 valence electrons. The van der Waals surface area contributed by atoms with Gasteiger partial charge >= 0.3 is 0 Å². The number of nitrogens with two attached hydrogens (primary N) is 1. The van der Waals surface area contributed by atoms with Crippen LogP contribution >= 0.6 is 0 Å². The van der Waals surface area contributed by atoms with E-state index in [1.165, 1.54) is 0 Å². The quantitative estimate of drug-likeness (QED) is 0.826. The molecule has 0 unspecified atom stereocenters. The predicted molar refractivity (Wildman–Crippen MR) is 61.4 cm³/mol. The van der Waals surface area contributed by atoms with Crippen LogP contribution in [0.3, 0.4) is 0 Å². The molecule has 1 rings (SSSR count). The highest BCUT2D eigenvalue weighted by molar-refractivity contribution is 7.89. The molecular weight excluding hydrogens is 212 g/mol. The standard InChI is InChI=1S/C10H15NO2S.H3N/c1-2-3-6-9-7-4-5-8-10(9)14(11,12)13;/h4-5,7-8H,2-3,6H2,1H3,(H2,11,12,13);1H3. The van der Waals surface area contributed by atoms with Gasteiger partial charge in [0.1, 0.15) is 0 Å². The molecule has 0 aliphatic heterocycles. The first-order chi connectivity index (χ1) is 6.55. The third kappa shape index (κ3) is 3.99. The van der Waals surface area contributed by atoms with Gasteiger partial charge in [-0.1, -0.05) is 31.5 Å². The zero-order valence-corrected chi connectivity index (χ0v) is 9.76. The highest BCUT2D eigenvalue weighted by Gasteiger charge is 2.11. The fraction of sp³-hybridized carbons (Fsp3) is 0.400. The summed E-state index contributed by atoms with van der Waals surface area (Å²) < 4.78 is 22.4. The maximum Gasteiger partial charge on any atom is 0.238 e. The van der Waals surface area contributed by atoms with Crippen LogP contribution in [-0.4, -0.2) is 8.42 Å². The Morgan fingerprint density at radius 1 is 1.27 bits per heavy atom. The molecule has 1 aromatic rings. The molecule has 0 amide bonds. The molecule has 0 aliphatic rings. The lowest BCUT2D eigenvalue weighted by molar-refractivity contribution is 0.596. The van der Waals surface area contributed by atoms with Gasteiger partial charge in [0.05, 0.1) is 4.90 Å². The second-order valence-corrected chi connectivity index (χ2v) is 4.79. The van der Waals surface area contributed by atoms with Gasteiger partial charge in [0, 0.05) is 0 Å². The van der Waals surface area contributed by atoms with Crippen molar-refractivity contribution in [1.82, 2.24) is 6.15 Å². The molecule has 5 N–H and O–H groups in total. The molecular formula is C10H18N2O2S. The lowest BCUT2D eigenvalue weighted by atomic mass is 10.1. The lowest BCUT2D eigenvalue weighted by Crippen LogP contribution is -2.14. The molecule has 0 aromatic heterocycles. The van der Waals surface area contributed by atoms with Crippen LogP contribution in [0.4, 0.5) is 0 Å². The molecule has 0 atom stereocenters. The van der Waals surface area contributed by atoms with E-state index in [-0.39, 0.29) is 11.0 Å². The number of sulfonamides is 1. The van der Waals surface area contributed by atoms with Crippen molar-refractivity contribution in [1.29, 1.82) is 0 Å². The van der Waals surface area contributed by atoms with Crippen molar-refractivity contribution in [2.75, 3.05) is 0 Å². The SMILES string of the molecule is CCCCc1ccccc1S(N)(=O)=O.N. The molecule has 0 bridgehead atoms. The molecule has 5 heteroatoms. The van der Waals surface area contributed by atoms with E-state index >= 15 is 0 Å². The van der Waals surface area contributed by atoms with Crippen molar-refractivity contribution in [2.24, 2.45) is 5.14 Å². The summed E-state index contributed by atoms with van der Waals surface area (Å²) in [5.74, 6) is 0. The minimum absolute atomic E-state index is 0. The van der Waals surface area contributed by atoms with Crippen molar-refractivity contribution < 1.29 is 8.42 Å². The van der Waals surface area contributed by atoms with Gasteiger partial charge in [0.15, 0.2) is 0 Å². The fourth-order valence-electron chi connectivity index (χ4n) is 1.36. The lowest BCUT2D eigenvalue weighted by Gasteiger charge is -2.05. The molecule has 0 fully saturated rings. The molecule has 0 radical (unpaired) electrons. The van der Waals surface area contributed by atoms with Crippen molar-refractivity contribution in [2.45, 2.75) is 31.1 Å². The van der Waals surface area contributed by atoms with Gasteiger partial charge in [-0.05, 0) is 24.5 Å². The highest BCUT2D eigenvalue weighted by atomic mass is 32.2. The Morgan fingerprint density at radius 2 is 1.87 bits per heavy atom. The largest absolute Gasteiger partial charge is 0.344 e. The van der Waals surface area contributed by atoms with E-state index in [4.69, 9.17) is 5.14 Å². The first-order valence-electron chi connectivity index (χ1n) is 4.66. The summed E-state index contributed by atoms with van der Waals surface area (Å²) in [5.41, 5.74) is 0.817. The Hall–Kier alpha value is -0.910. The highest BCUT2D eigenvalue weighted by Crippen LogP contribution is 2.15. The van der Waals surface area contributed by atoms with Gasteiger partial charge in [-0.2, -0.15) is 0 Å². The second-order valence-electron chi connectivity index (χ2n) is 3.26. The summed E-state index contributed by atoms with van der Waals surface area (Å²) >= 11 is 0. The van der Waals surface area contributed by atoms with Gasteiger partial charge < -0.3 is 6.15 Å². The monoisotopic (exact) mass is 230 g/mol. The van der Waals surface area contributed by atoms with Crippen LogP contribution in [0.1, 0.15) is 25.3 Å². The fourth-order valence-corrected chi connectivity index (χ4v) is 2.16. The predicted octanol–water partition coefficient (Wildman–Crippen LogP) is 1.84. The number of unbranched alkanes of at least 4 members (excludes halogenated alkanes) is 1. The Balaban J connectivity index is 0.00000196. The van der Waals surface area contributed by atoms with E-state index < -0.39 is 10.0 Å². The topological polar surface area (TPSA) is 95.2 Å². The number of primary sulfonamides is 1. The van der Waals surface area contributed by atoms with Crippen LogP contribution in [-0.2, 0) is 16.4 Å². The van der Waals surface area contributed by atoms with Crippen LogP contribution < -0.4 is 11.3 Å². The van der Waals surface area contributed by atoms with Crippen molar-refractivity contribution in [3.63, 3.8) is 0 Å². The smallest absolute Gasteiger partial charge is 0.238 e. The second kappa shape index (κ2) is 5.85. The van der Waals surface area contributed by atoms with Crippen LogP contribution in [0.25, 0.3) is 0 Å². The maximum atomic E-state index is 11.2. The minimum atomic E-state index is -3.56. The molecule has 0 spiro atoms. The van der Waals surface area contributed by atoms with E-state index in [1.807, 2.05) is 12.1 Å². The number of hydrogen-bond donors (Lipinski definition) is 2. The molecule has 0 heterocycles.